The van der Waals surface area contributed by atoms with Gasteiger partial charge in [0.15, 0.2) is 5.82 Å². The van der Waals surface area contributed by atoms with Crippen molar-refractivity contribution in [2.75, 3.05) is 13.1 Å². The number of aromatic carboxylic acids is 1. The first-order chi connectivity index (χ1) is 9.81. The third-order valence-electron chi connectivity index (χ3n) is 3.18. The van der Waals surface area contributed by atoms with Gasteiger partial charge in [0.2, 0.25) is 10.0 Å². The van der Waals surface area contributed by atoms with Crippen LogP contribution in [0, 0.1) is 5.82 Å². The van der Waals surface area contributed by atoms with Crippen molar-refractivity contribution in [3.05, 3.63) is 28.0 Å². The molecule has 2 rings (SSSR count). The van der Waals surface area contributed by atoms with E-state index in [1.54, 1.807) is 0 Å². The molecule has 1 heterocycles. The quantitative estimate of drug-likeness (QED) is 0.731. The van der Waals surface area contributed by atoms with Crippen molar-refractivity contribution in [1.29, 1.82) is 0 Å². The van der Waals surface area contributed by atoms with E-state index in [-0.39, 0.29) is 10.5 Å². The van der Waals surface area contributed by atoms with Crippen LogP contribution in [0.5, 0.6) is 0 Å². The Kier molecular flexibility index (Phi) is 4.97. The average Bonchev–Trinajstić information content (AvgIpc) is 2.41. The number of piperidine rings is 1. The van der Waals surface area contributed by atoms with Gasteiger partial charge in [0.05, 0.1) is 5.56 Å². The largest absolute Gasteiger partial charge is 0.478 e. The SMILES string of the molecule is O=C(O)c1cc(Br)cc(S(=O)(=O)NC2CCNCC2)c1F. The number of hydrogen-bond donors (Lipinski definition) is 3. The zero-order valence-corrected chi connectivity index (χ0v) is 13.3. The molecule has 9 heteroatoms. The van der Waals surface area contributed by atoms with Crippen LogP contribution in [0.1, 0.15) is 23.2 Å². The van der Waals surface area contributed by atoms with Gasteiger partial charge in [0.1, 0.15) is 4.90 Å². The Labute approximate surface area is 129 Å². The number of hydrogen-bond acceptors (Lipinski definition) is 4. The van der Waals surface area contributed by atoms with Crippen LogP contribution in [0.25, 0.3) is 0 Å². The summed E-state index contributed by atoms with van der Waals surface area (Å²) >= 11 is 3.00. The van der Waals surface area contributed by atoms with Crippen LogP contribution in [0.2, 0.25) is 0 Å². The van der Waals surface area contributed by atoms with Gasteiger partial charge in [-0.3, -0.25) is 0 Å². The number of halogens is 2. The highest BCUT2D eigenvalue weighted by molar-refractivity contribution is 9.10. The molecule has 1 saturated heterocycles. The van der Waals surface area contributed by atoms with E-state index < -0.39 is 32.3 Å². The van der Waals surface area contributed by atoms with Crippen LogP contribution in [-0.4, -0.2) is 38.6 Å². The molecule has 1 aromatic carbocycles. The number of sulfonamides is 1. The fourth-order valence-electron chi connectivity index (χ4n) is 2.14. The molecule has 1 fully saturated rings. The molecule has 1 aliphatic heterocycles. The Bertz CT molecular complexity index is 659. The number of carboxylic acids is 1. The summed E-state index contributed by atoms with van der Waals surface area (Å²) < 4.78 is 41.3. The van der Waals surface area contributed by atoms with Crippen molar-refractivity contribution in [1.82, 2.24) is 10.0 Å². The summed E-state index contributed by atoms with van der Waals surface area (Å²) in [4.78, 5) is 10.3. The van der Waals surface area contributed by atoms with E-state index in [4.69, 9.17) is 5.11 Å². The molecule has 0 radical (unpaired) electrons. The second-order valence-corrected chi connectivity index (χ2v) is 7.31. The predicted octanol–water partition coefficient (Wildman–Crippen LogP) is 1.32. The minimum atomic E-state index is -4.12. The van der Waals surface area contributed by atoms with Crippen LogP contribution in [-0.2, 0) is 10.0 Å². The van der Waals surface area contributed by atoms with E-state index in [1.807, 2.05) is 0 Å². The molecule has 0 aliphatic carbocycles. The van der Waals surface area contributed by atoms with Crippen LogP contribution in [0.4, 0.5) is 4.39 Å². The maximum atomic E-state index is 14.1. The average molecular weight is 381 g/mol. The van der Waals surface area contributed by atoms with Gasteiger partial charge in [-0.25, -0.2) is 22.3 Å². The third kappa shape index (κ3) is 3.79. The smallest absolute Gasteiger partial charge is 0.338 e. The topological polar surface area (TPSA) is 95.5 Å². The van der Waals surface area contributed by atoms with Crippen molar-refractivity contribution >= 4 is 31.9 Å². The number of carbonyl (C=O) groups is 1. The highest BCUT2D eigenvalue weighted by Gasteiger charge is 2.27. The maximum absolute atomic E-state index is 14.1. The highest BCUT2D eigenvalue weighted by atomic mass is 79.9. The molecule has 0 saturated carbocycles. The lowest BCUT2D eigenvalue weighted by molar-refractivity contribution is 0.0691. The van der Waals surface area contributed by atoms with Crippen molar-refractivity contribution in [2.24, 2.45) is 0 Å². The fraction of sp³-hybridized carbons (Fsp3) is 0.417. The summed E-state index contributed by atoms with van der Waals surface area (Å²) in [5.74, 6) is -2.78. The molecule has 116 valence electrons. The molecular formula is C12H14BrFN2O4S. The third-order valence-corrected chi connectivity index (χ3v) is 5.16. The molecule has 6 nitrogen and oxygen atoms in total. The van der Waals surface area contributed by atoms with Crippen LogP contribution in [0.3, 0.4) is 0 Å². The highest BCUT2D eigenvalue weighted by Crippen LogP contribution is 2.24. The molecule has 1 aromatic rings. The zero-order chi connectivity index (χ0) is 15.6. The number of carboxylic acid groups (broad SMARTS) is 1. The molecule has 0 amide bonds. The molecule has 21 heavy (non-hydrogen) atoms. The number of rotatable bonds is 4. The van der Waals surface area contributed by atoms with Crippen LogP contribution >= 0.6 is 15.9 Å². The summed E-state index contributed by atoms with van der Waals surface area (Å²) in [6.07, 6.45) is 1.20. The van der Waals surface area contributed by atoms with Gasteiger partial charge >= 0.3 is 5.97 Å². The second-order valence-electron chi connectivity index (χ2n) is 4.72. The summed E-state index contributed by atoms with van der Waals surface area (Å²) in [6, 6.07) is 1.80. The van der Waals surface area contributed by atoms with Gasteiger partial charge < -0.3 is 10.4 Å². The first-order valence-corrected chi connectivity index (χ1v) is 8.54. The molecule has 0 atom stereocenters. The first kappa shape index (κ1) is 16.3. The Morgan fingerprint density at radius 3 is 2.57 bits per heavy atom. The normalized spacial score (nSPS) is 16.9. The van der Waals surface area contributed by atoms with Crippen LogP contribution in [0.15, 0.2) is 21.5 Å². The zero-order valence-electron chi connectivity index (χ0n) is 10.9. The van der Waals surface area contributed by atoms with Gasteiger partial charge in [0, 0.05) is 10.5 Å². The second kappa shape index (κ2) is 6.39. The van der Waals surface area contributed by atoms with E-state index in [0.717, 1.165) is 12.1 Å². The summed E-state index contributed by atoms with van der Waals surface area (Å²) in [7, 11) is -4.12. The Morgan fingerprint density at radius 2 is 2.00 bits per heavy atom. The molecule has 1 aliphatic rings. The van der Waals surface area contributed by atoms with Gasteiger partial charge in [-0.1, -0.05) is 15.9 Å². The van der Waals surface area contributed by atoms with Gasteiger partial charge in [-0.15, -0.1) is 0 Å². The predicted molar refractivity (Wildman–Crippen MR) is 77.3 cm³/mol. The molecule has 0 aromatic heterocycles. The number of benzene rings is 1. The standard InChI is InChI=1S/C12H14BrFN2O4S/c13-7-5-9(12(17)18)11(14)10(6-7)21(19,20)16-8-1-3-15-4-2-8/h5-6,8,15-16H,1-4H2,(H,17,18). The van der Waals surface area contributed by atoms with E-state index in [0.29, 0.717) is 25.9 Å². The van der Waals surface area contributed by atoms with Gasteiger partial charge in [-0.05, 0) is 38.1 Å². The molecule has 3 N–H and O–H groups in total. The Hall–Kier alpha value is -1.03. The summed E-state index contributed by atoms with van der Waals surface area (Å²) in [5.41, 5.74) is -0.685. The number of nitrogens with one attached hydrogen (secondary N) is 2. The van der Waals surface area contributed by atoms with Gasteiger partial charge in [-0.2, -0.15) is 0 Å². The molecule has 0 unspecified atom stereocenters. The molecule has 0 bridgehead atoms. The lowest BCUT2D eigenvalue weighted by Gasteiger charge is -2.23. The maximum Gasteiger partial charge on any atom is 0.338 e. The summed E-state index contributed by atoms with van der Waals surface area (Å²) in [5, 5.41) is 12.0. The first-order valence-electron chi connectivity index (χ1n) is 6.26. The van der Waals surface area contributed by atoms with E-state index >= 15 is 0 Å². The van der Waals surface area contributed by atoms with Gasteiger partial charge in [0.25, 0.3) is 0 Å². The van der Waals surface area contributed by atoms with Crippen molar-refractivity contribution in [2.45, 2.75) is 23.8 Å². The monoisotopic (exact) mass is 380 g/mol. The minimum Gasteiger partial charge on any atom is -0.478 e. The minimum absolute atomic E-state index is 0.187. The fourth-order valence-corrected chi connectivity index (χ4v) is 4.18. The molecular weight excluding hydrogens is 367 g/mol. The van der Waals surface area contributed by atoms with E-state index in [2.05, 4.69) is 26.0 Å². The summed E-state index contributed by atoms with van der Waals surface area (Å²) in [6.45, 7) is 1.35. The van der Waals surface area contributed by atoms with Crippen LogP contribution < -0.4 is 10.0 Å². The molecule has 0 spiro atoms. The Balaban J connectivity index is 2.37. The lowest BCUT2D eigenvalue weighted by atomic mass is 10.1. The van der Waals surface area contributed by atoms with E-state index in [9.17, 15) is 17.6 Å². The van der Waals surface area contributed by atoms with Crippen molar-refractivity contribution < 1.29 is 22.7 Å². The lowest BCUT2D eigenvalue weighted by Crippen LogP contribution is -2.42. The Morgan fingerprint density at radius 1 is 1.38 bits per heavy atom. The van der Waals surface area contributed by atoms with Crippen molar-refractivity contribution in [3.8, 4) is 0 Å². The van der Waals surface area contributed by atoms with E-state index in [1.165, 1.54) is 0 Å². The van der Waals surface area contributed by atoms with Crippen molar-refractivity contribution in [3.63, 3.8) is 0 Å².